The lowest BCUT2D eigenvalue weighted by atomic mass is 9.90. The number of hydrogen-bond acceptors (Lipinski definition) is 2. The lowest BCUT2D eigenvalue weighted by Crippen LogP contribution is -2.18. The quantitative estimate of drug-likeness (QED) is 0.848. The fraction of sp³-hybridized carbons (Fsp3) is 0.600. The first-order valence-corrected chi connectivity index (χ1v) is 6.66. The van der Waals surface area contributed by atoms with Crippen molar-refractivity contribution in [2.24, 2.45) is 17.6 Å². The molecule has 2 nitrogen and oxygen atoms in total. The van der Waals surface area contributed by atoms with E-state index >= 15 is 0 Å². The molecular weight excluding hydrogens is 210 g/mol. The predicted octanol–water partition coefficient (Wildman–Crippen LogP) is 3.00. The number of aryl methyl sites for hydroxylation is 1. The highest BCUT2D eigenvalue weighted by Gasteiger charge is 2.25. The van der Waals surface area contributed by atoms with Crippen molar-refractivity contribution in [3.8, 4) is 5.75 Å². The first kappa shape index (κ1) is 12.4. The first-order chi connectivity index (χ1) is 8.33. The van der Waals surface area contributed by atoms with Crippen LogP contribution in [0.3, 0.4) is 0 Å². The molecular formula is C15H23NO. The van der Waals surface area contributed by atoms with Crippen molar-refractivity contribution >= 4 is 0 Å². The van der Waals surface area contributed by atoms with Crippen molar-refractivity contribution in [2.75, 3.05) is 13.7 Å². The van der Waals surface area contributed by atoms with Gasteiger partial charge in [0, 0.05) is 0 Å². The molecule has 2 N–H and O–H groups in total. The second kappa shape index (κ2) is 6.06. The zero-order valence-corrected chi connectivity index (χ0v) is 10.7. The lowest BCUT2D eigenvalue weighted by Gasteiger charge is -2.17. The number of nitrogens with two attached hydrogens (primary N) is 1. The number of benzene rings is 1. The van der Waals surface area contributed by atoms with E-state index in [0.29, 0.717) is 0 Å². The molecule has 1 saturated carbocycles. The van der Waals surface area contributed by atoms with E-state index in [4.69, 9.17) is 10.5 Å². The molecule has 1 aliphatic rings. The van der Waals surface area contributed by atoms with E-state index in [1.807, 2.05) is 12.1 Å². The van der Waals surface area contributed by atoms with Crippen LogP contribution in [0.2, 0.25) is 0 Å². The van der Waals surface area contributed by atoms with Gasteiger partial charge in [0.15, 0.2) is 0 Å². The number of hydrogen-bond donors (Lipinski definition) is 1. The molecule has 2 heteroatoms. The fourth-order valence-corrected chi connectivity index (χ4v) is 2.95. The average Bonchev–Trinajstić information content (AvgIpc) is 2.84. The molecule has 94 valence electrons. The second-order valence-corrected chi connectivity index (χ2v) is 5.07. The Morgan fingerprint density at radius 1 is 1.18 bits per heavy atom. The van der Waals surface area contributed by atoms with Crippen LogP contribution < -0.4 is 10.5 Å². The Hall–Kier alpha value is -1.02. The third kappa shape index (κ3) is 3.22. The summed E-state index contributed by atoms with van der Waals surface area (Å²) < 4.78 is 5.17. The third-order valence-electron chi connectivity index (χ3n) is 4.08. The summed E-state index contributed by atoms with van der Waals surface area (Å²) in [6, 6.07) is 8.44. The largest absolute Gasteiger partial charge is 0.497 e. The molecule has 0 radical (unpaired) electrons. The zero-order valence-electron chi connectivity index (χ0n) is 10.7. The normalized spacial score (nSPS) is 23.9. The minimum atomic E-state index is 0.772. The van der Waals surface area contributed by atoms with Crippen LogP contribution in [0.5, 0.6) is 5.75 Å². The Bertz CT molecular complexity index is 333. The highest BCUT2D eigenvalue weighted by Crippen LogP contribution is 2.34. The molecule has 0 heterocycles. The Kier molecular flexibility index (Phi) is 4.43. The van der Waals surface area contributed by atoms with E-state index < -0.39 is 0 Å². The van der Waals surface area contributed by atoms with Crippen molar-refractivity contribution < 1.29 is 4.74 Å². The highest BCUT2D eigenvalue weighted by atomic mass is 16.5. The molecule has 0 saturated heterocycles. The van der Waals surface area contributed by atoms with Gasteiger partial charge < -0.3 is 10.5 Å². The Balaban J connectivity index is 1.84. The summed E-state index contributed by atoms with van der Waals surface area (Å²) in [5.41, 5.74) is 7.23. The van der Waals surface area contributed by atoms with E-state index in [1.165, 1.54) is 37.7 Å². The number of ether oxygens (including phenoxy) is 1. The van der Waals surface area contributed by atoms with Crippen LogP contribution in [-0.2, 0) is 6.42 Å². The maximum atomic E-state index is 5.81. The third-order valence-corrected chi connectivity index (χ3v) is 4.08. The van der Waals surface area contributed by atoms with Gasteiger partial charge in [0.1, 0.15) is 5.75 Å². The zero-order chi connectivity index (χ0) is 12.1. The van der Waals surface area contributed by atoms with Crippen LogP contribution in [0.4, 0.5) is 0 Å². The van der Waals surface area contributed by atoms with Crippen LogP contribution in [0.25, 0.3) is 0 Å². The minimum absolute atomic E-state index is 0.772. The summed E-state index contributed by atoms with van der Waals surface area (Å²) in [4.78, 5) is 0. The van der Waals surface area contributed by atoms with Crippen molar-refractivity contribution in [1.82, 2.24) is 0 Å². The minimum Gasteiger partial charge on any atom is -0.497 e. The Morgan fingerprint density at radius 2 is 1.88 bits per heavy atom. The molecule has 2 unspecified atom stereocenters. The maximum absolute atomic E-state index is 5.81. The van der Waals surface area contributed by atoms with E-state index in [1.54, 1.807) is 7.11 Å². The molecule has 2 rings (SSSR count). The van der Waals surface area contributed by atoms with Gasteiger partial charge in [-0.05, 0) is 55.3 Å². The van der Waals surface area contributed by atoms with Gasteiger partial charge in [0.05, 0.1) is 7.11 Å². The lowest BCUT2D eigenvalue weighted by molar-refractivity contribution is 0.372. The standard InChI is InChI=1S/C15H23NO/c1-17-15-9-6-12(7-10-15)5-8-13-3-2-4-14(13)11-16/h6-7,9-10,13-14H,2-5,8,11,16H2,1H3. The van der Waals surface area contributed by atoms with Crippen molar-refractivity contribution in [1.29, 1.82) is 0 Å². The molecule has 1 aromatic carbocycles. The van der Waals surface area contributed by atoms with Gasteiger partial charge in [-0.2, -0.15) is 0 Å². The summed E-state index contributed by atoms with van der Waals surface area (Å²) in [5, 5.41) is 0. The SMILES string of the molecule is COc1ccc(CCC2CCCC2CN)cc1. The van der Waals surface area contributed by atoms with E-state index in [9.17, 15) is 0 Å². The highest BCUT2D eigenvalue weighted by molar-refractivity contribution is 5.27. The molecule has 0 amide bonds. The summed E-state index contributed by atoms with van der Waals surface area (Å²) in [7, 11) is 1.71. The van der Waals surface area contributed by atoms with Crippen LogP contribution in [0, 0.1) is 11.8 Å². The summed E-state index contributed by atoms with van der Waals surface area (Å²) >= 11 is 0. The molecule has 1 aromatic rings. The summed E-state index contributed by atoms with van der Waals surface area (Å²) in [6.07, 6.45) is 6.54. The fourth-order valence-electron chi connectivity index (χ4n) is 2.95. The molecule has 0 bridgehead atoms. The van der Waals surface area contributed by atoms with Gasteiger partial charge in [-0.1, -0.05) is 25.0 Å². The van der Waals surface area contributed by atoms with E-state index in [2.05, 4.69) is 12.1 Å². The van der Waals surface area contributed by atoms with Crippen molar-refractivity contribution in [3.05, 3.63) is 29.8 Å². The van der Waals surface area contributed by atoms with Gasteiger partial charge in [-0.3, -0.25) is 0 Å². The van der Waals surface area contributed by atoms with Gasteiger partial charge in [0.2, 0.25) is 0 Å². The van der Waals surface area contributed by atoms with Crippen LogP contribution >= 0.6 is 0 Å². The number of methoxy groups -OCH3 is 1. The monoisotopic (exact) mass is 233 g/mol. The molecule has 0 spiro atoms. The molecule has 0 aromatic heterocycles. The van der Waals surface area contributed by atoms with Gasteiger partial charge >= 0.3 is 0 Å². The second-order valence-electron chi connectivity index (χ2n) is 5.07. The summed E-state index contributed by atoms with van der Waals surface area (Å²) in [6.45, 7) is 0.868. The van der Waals surface area contributed by atoms with Crippen molar-refractivity contribution in [2.45, 2.75) is 32.1 Å². The smallest absolute Gasteiger partial charge is 0.118 e. The van der Waals surface area contributed by atoms with E-state index in [-0.39, 0.29) is 0 Å². The van der Waals surface area contributed by atoms with Crippen LogP contribution in [0.15, 0.2) is 24.3 Å². The molecule has 1 fully saturated rings. The summed E-state index contributed by atoms with van der Waals surface area (Å²) in [5.74, 6) is 2.56. The Morgan fingerprint density at radius 3 is 2.53 bits per heavy atom. The van der Waals surface area contributed by atoms with Crippen LogP contribution in [0.1, 0.15) is 31.2 Å². The molecule has 17 heavy (non-hydrogen) atoms. The van der Waals surface area contributed by atoms with E-state index in [0.717, 1.165) is 24.1 Å². The van der Waals surface area contributed by atoms with Gasteiger partial charge in [0.25, 0.3) is 0 Å². The first-order valence-electron chi connectivity index (χ1n) is 6.66. The number of rotatable bonds is 5. The van der Waals surface area contributed by atoms with Gasteiger partial charge in [-0.25, -0.2) is 0 Å². The predicted molar refractivity (Wildman–Crippen MR) is 71.2 cm³/mol. The topological polar surface area (TPSA) is 35.2 Å². The van der Waals surface area contributed by atoms with Crippen LogP contribution in [-0.4, -0.2) is 13.7 Å². The average molecular weight is 233 g/mol. The van der Waals surface area contributed by atoms with Crippen molar-refractivity contribution in [3.63, 3.8) is 0 Å². The molecule has 0 aliphatic heterocycles. The van der Waals surface area contributed by atoms with Gasteiger partial charge in [-0.15, -0.1) is 0 Å². The maximum Gasteiger partial charge on any atom is 0.118 e. The molecule has 2 atom stereocenters. The Labute approximate surface area is 104 Å². The molecule has 1 aliphatic carbocycles.